The van der Waals surface area contributed by atoms with E-state index in [1.54, 1.807) is 23.5 Å². The molecule has 1 N–H and O–H groups in total. The maximum atomic E-state index is 13.2. The Morgan fingerprint density at radius 1 is 1.44 bits per heavy atom. The average molecular weight is 286 g/mol. The zero-order chi connectivity index (χ0) is 13.1. The lowest BCUT2D eigenvalue weighted by atomic mass is 10.0. The molecular weight excluding hydrogens is 273 g/mol. The summed E-state index contributed by atoms with van der Waals surface area (Å²) < 4.78 is 13.2. The first-order chi connectivity index (χ1) is 8.56. The first kappa shape index (κ1) is 13.5. The molecule has 0 bridgehead atoms. The van der Waals surface area contributed by atoms with Gasteiger partial charge in [0, 0.05) is 18.2 Å². The number of thiazole rings is 1. The van der Waals surface area contributed by atoms with Gasteiger partial charge in [-0.1, -0.05) is 23.7 Å². The van der Waals surface area contributed by atoms with Crippen LogP contribution in [0.2, 0.25) is 5.02 Å². The second kappa shape index (κ2) is 5.78. The van der Waals surface area contributed by atoms with E-state index in [1.165, 1.54) is 6.07 Å². The van der Waals surface area contributed by atoms with Crippen molar-refractivity contribution in [1.82, 2.24) is 4.98 Å². The van der Waals surface area contributed by atoms with Crippen molar-refractivity contribution in [2.45, 2.75) is 25.9 Å². The van der Waals surface area contributed by atoms with Crippen molar-refractivity contribution in [3.63, 3.8) is 0 Å². The third kappa shape index (κ3) is 3.28. The smallest absolute Gasteiger partial charge is 0.142 e. The zero-order valence-electron chi connectivity index (χ0n) is 9.86. The molecule has 2 rings (SSSR count). The van der Waals surface area contributed by atoms with Crippen molar-refractivity contribution in [2.75, 3.05) is 0 Å². The Kier molecular flexibility index (Phi) is 4.32. The van der Waals surface area contributed by atoms with E-state index in [0.717, 1.165) is 10.7 Å². The van der Waals surface area contributed by atoms with E-state index in [2.05, 4.69) is 4.98 Å². The molecule has 1 unspecified atom stereocenters. The van der Waals surface area contributed by atoms with E-state index in [9.17, 15) is 9.50 Å². The lowest BCUT2D eigenvalue weighted by Crippen LogP contribution is -2.14. The van der Waals surface area contributed by atoms with Crippen LogP contribution in [-0.4, -0.2) is 16.2 Å². The molecule has 1 aromatic carbocycles. The van der Waals surface area contributed by atoms with Gasteiger partial charge in [0.15, 0.2) is 0 Å². The second-order valence-corrected chi connectivity index (χ2v) is 5.57. The van der Waals surface area contributed by atoms with Crippen LogP contribution in [0.1, 0.15) is 16.3 Å². The van der Waals surface area contributed by atoms with Crippen molar-refractivity contribution in [3.8, 4) is 0 Å². The van der Waals surface area contributed by atoms with Gasteiger partial charge in [0.05, 0.1) is 21.8 Å². The SMILES string of the molecule is Cc1nc(CC(O)Cc2cccc(F)c2Cl)cs1. The summed E-state index contributed by atoms with van der Waals surface area (Å²) in [5.74, 6) is -0.453. The molecule has 0 aliphatic carbocycles. The highest BCUT2D eigenvalue weighted by Crippen LogP contribution is 2.22. The van der Waals surface area contributed by atoms with E-state index in [-0.39, 0.29) is 5.02 Å². The molecule has 1 aromatic heterocycles. The maximum Gasteiger partial charge on any atom is 0.142 e. The number of hydrogen-bond acceptors (Lipinski definition) is 3. The summed E-state index contributed by atoms with van der Waals surface area (Å²) >= 11 is 7.39. The number of aliphatic hydroxyl groups excluding tert-OH is 1. The fourth-order valence-electron chi connectivity index (χ4n) is 1.78. The topological polar surface area (TPSA) is 33.1 Å². The van der Waals surface area contributed by atoms with Crippen LogP contribution >= 0.6 is 22.9 Å². The molecule has 0 saturated heterocycles. The monoisotopic (exact) mass is 285 g/mol. The molecule has 5 heteroatoms. The first-order valence-electron chi connectivity index (χ1n) is 5.58. The van der Waals surface area contributed by atoms with E-state index in [1.807, 2.05) is 12.3 Å². The molecule has 0 fully saturated rings. The lowest BCUT2D eigenvalue weighted by molar-refractivity contribution is 0.174. The Hall–Kier alpha value is -0.970. The molecule has 0 spiro atoms. The molecule has 2 nitrogen and oxygen atoms in total. The Morgan fingerprint density at radius 2 is 2.22 bits per heavy atom. The first-order valence-corrected chi connectivity index (χ1v) is 6.84. The Bertz CT molecular complexity index is 544. The van der Waals surface area contributed by atoms with Crippen molar-refractivity contribution in [2.24, 2.45) is 0 Å². The van der Waals surface area contributed by atoms with E-state index in [4.69, 9.17) is 11.6 Å². The van der Waals surface area contributed by atoms with Gasteiger partial charge in [0.25, 0.3) is 0 Å². The third-order valence-corrected chi connectivity index (χ3v) is 3.84. The number of aliphatic hydroxyl groups is 1. The predicted molar refractivity (Wildman–Crippen MR) is 71.7 cm³/mol. The number of aromatic nitrogens is 1. The number of aryl methyl sites for hydroxylation is 1. The van der Waals surface area contributed by atoms with Gasteiger partial charge in [-0.3, -0.25) is 0 Å². The summed E-state index contributed by atoms with van der Waals surface area (Å²) in [7, 11) is 0. The van der Waals surface area contributed by atoms with Crippen LogP contribution in [-0.2, 0) is 12.8 Å². The summed E-state index contributed by atoms with van der Waals surface area (Å²) in [6.45, 7) is 1.92. The normalized spacial score (nSPS) is 12.7. The standard InChI is InChI=1S/C13H13ClFNOS/c1-8-16-10(7-18-8)6-11(17)5-9-3-2-4-12(15)13(9)14/h2-4,7,11,17H,5-6H2,1H3. The molecule has 0 saturated carbocycles. The van der Waals surface area contributed by atoms with Crippen molar-refractivity contribution in [3.05, 3.63) is 50.7 Å². The van der Waals surface area contributed by atoms with Gasteiger partial charge < -0.3 is 5.11 Å². The fraction of sp³-hybridized carbons (Fsp3) is 0.308. The van der Waals surface area contributed by atoms with Crippen molar-refractivity contribution < 1.29 is 9.50 Å². The largest absolute Gasteiger partial charge is 0.392 e. The second-order valence-electron chi connectivity index (χ2n) is 4.13. The van der Waals surface area contributed by atoms with Gasteiger partial charge in [-0.05, 0) is 18.6 Å². The van der Waals surface area contributed by atoms with Crippen LogP contribution < -0.4 is 0 Å². The van der Waals surface area contributed by atoms with Crippen LogP contribution in [0.5, 0.6) is 0 Å². The van der Waals surface area contributed by atoms with E-state index < -0.39 is 11.9 Å². The molecule has 96 valence electrons. The van der Waals surface area contributed by atoms with Gasteiger partial charge in [-0.15, -0.1) is 11.3 Å². The number of rotatable bonds is 4. The Balaban J connectivity index is 2.03. The van der Waals surface area contributed by atoms with E-state index >= 15 is 0 Å². The molecule has 2 aromatic rings. The number of halogens is 2. The quantitative estimate of drug-likeness (QED) is 0.934. The summed E-state index contributed by atoms with van der Waals surface area (Å²) in [4.78, 5) is 4.28. The summed E-state index contributed by atoms with van der Waals surface area (Å²) in [5.41, 5.74) is 1.48. The summed E-state index contributed by atoms with van der Waals surface area (Å²) in [6, 6.07) is 4.62. The third-order valence-electron chi connectivity index (χ3n) is 2.60. The van der Waals surface area contributed by atoms with Crippen LogP contribution in [0.3, 0.4) is 0 Å². The van der Waals surface area contributed by atoms with Gasteiger partial charge >= 0.3 is 0 Å². The molecule has 0 aliphatic rings. The maximum absolute atomic E-state index is 13.2. The molecule has 18 heavy (non-hydrogen) atoms. The minimum atomic E-state index is -0.606. The molecule has 0 radical (unpaired) electrons. The highest BCUT2D eigenvalue weighted by Gasteiger charge is 2.13. The molecule has 0 aliphatic heterocycles. The lowest BCUT2D eigenvalue weighted by Gasteiger charge is -2.10. The van der Waals surface area contributed by atoms with Crippen LogP contribution in [0.4, 0.5) is 4.39 Å². The zero-order valence-corrected chi connectivity index (χ0v) is 11.4. The fourth-order valence-corrected chi connectivity index (χ4v) is 2.60. The number of hydrogen-bond donors (Lipinski definition) is 1. The molecular formula is C13H13ClFNOS. The minimum absolute atomic E-state index is 0.0889. The molecule has 1 atom stereocenters. The van der Waals surface area contributed by atoms with Gasteiger partial charge in [-0.2, -0.15) is 0 Å². The minimum Gasteiger partial charge on any atom is -0.392 e. The Labute approximate surface area is 114 Å². The molecule has 1 heterocycles. The van der Waals surface area contributed by atoms with Crippen molar-refractivity contribution in [1.29, 1.82) is 0 Å². The number of nitrogens with zero attached hydrogens (tertiary/aromatic N) is 1. The Morgan fingerprint density at radius 3 is 2.89 bits per heavy atom. The molecule has 0 amide bonds. The summed E-state index contributed by atoms with van der Waals surface area (Å²) in [5, 5.41) is 12.9. The summed E-state index contributed by atoms with van der Waals surface area (Å²) in [6.07, 6.45) is 0.176. The van der Waals surface area contributed by atoms with Crippen LogP contribution in [0.15, 0.2) is 23.6 Å². The van der Waals surface area contributed by atoms with Crippen molar-refractivity contribution >= 4 is 22.9 Å². The van der Waals surface area contributed by atoms with Gasteiger partial charge in [-0.25, -0.2) is 9.37 Å². The van der Waals surface area contributed by atoms with Crippen LogP contribution in [0.25, 0.3) is 0 Å². The van der Waals surface area contributed by atoms with E-state index in [0.29, 0.717) is 18.4 Å². The van der Waals surface area contributed by atoms with Crippen LogP contribution in [0, 0.1) is 12.7 Å². The average Bonchev–Trinajstić information content (AvgIpc) is 2.70. The predicted octanol–water partition coefficient (Wildman–Crippen LogP) is 3.39. The number of benzene rings is 1. The highest BCUT2D eigenvalue weighted by atomic mass is 35.5. The van der Waals surface area contributed by atoms with Gasteiger partial charge in [0.2, 0.25) is 0 Å². The van der Waals surface area contributed by atoms with Gasteiger partial charge in [0.1, 0.15) is 5.82 Å². The highest BCUT2D eigenvalue weighted by molar-refractivity contribution is 7.09.